The molecule has 18 heavy (non-hydrogen) atoms. The van der Waals surface area contributed by atoms with Crippen LogP contribution in [-0.4, -0.2) is 18.2 Å². The summed E-state index contributed by atoms with van der Waals surface area (Å²) >= 11 is 0. The Balaban J connectivity index is 3.04. The van der Waals surface area contributed by atoms with Gasteiger partial charge in [0, 0.05) is 6.42 Å². The van der Waals surface area contributed by atoms with Crippen molar-refractivity contribution in [3.8, 4) is 17.6 Å². The van der Waals surface area contributed by atoms with E-state index in [-0.39, 0.29) is 0 Å². The highest BCUT2D eigenvalue weighted by molar-refractivity contribution is 5.79. The number of nitrogens with two attached hydrogens (primary N) is 1. The minimum atomic E-state index is -0.896. The molecular weight excluding hydrogens is 230 g/mol. The number of benzene rings is 1. The summed E-state index contributed by atoms with van der Waals surface area (Å²) in [4.78, 5) is 11.3. The van der Waals surface area contributed by atoms with Crippen molar-refractivity contribution in [3.05, 3.63) is 23.8 Å². The highest BCUT2D eigenvalue weighted by atomic mass is 16.5. The highest BCUT2D eigenvalue weighted by Crippen LogP contribution is 2.32. The fourth-order valence-electron chi connectivity index (χ4n) is 1.80. The van der Waals surface area contributed by atoms with Crippen molar-refractivity contribution in [3.63, 3.8) is 0 Å². The van der Waals surface area contributed by atoms with Gasteiger partial charge in [-0.3, -0.25) is 4.79 Å². The molecule has 4 heteroatoms. The second-order valence-electron chi connectivity index (χ2n) is 3.82. The summed E-state index contributed by atoms with van der Waals surface area (Å²) in [6.45, 7) is 1.73. The van der Waals surface area contributed by atoms with Crippen LogP contribution in [0.5, 0.6) is 5.75 Å². The molecular formula is C14H17NO3. The van der Waals surface area contributed by atoms with Gasteiger partial charge < -0.3 is 15.6 Å². The maximum Gasteiger partial charge on any atom is 0.311 e. The number of aliphatic carboxylic acids is 1. The SMILES string of the molecule is CC#CCCC(C(=O)O)c1cccc(OC)c1N. The van der Waals surface area contributed by atoms with Gasteiger partial charge in [0.05, 0.1) is 18.7 Å². The van der Waals surface area contributed by atoms with E-state index in [0.29, 0.717) is 29.8 Å². The fraction of sp³-hybridized carbons (Fsp3) is 0.357. The van der Waals surface area contributed by atoms with Gasteiger partial charge in [0.15, 0.2) is 0 Å². The third-order valence-electron chi connectivity index (χ3n) is 2.73. The van der Waals surface area contributed by atoms with Crippen molar-refractivity contribution in [1.82, 2.24) is 0 Å². The van der Waals surface area contributed by atoms with E-state index in [4.69, 9.17) is 10.5 Å². The molecule has 0 amide bonds. The maximum absolute atomic E-state index is 11.3. The topological polar surface area (TPSA) is 72.5 Å². The third-order valence-corrected chi connectivity index (χ3v) is 2.73. The number of methoxy groups -OCH3 is 1. The van der Waals surface area contributed by atoms with E-state index in [2.05, 4.69) is 11.8 Å². The van der Waals surface area contributed by atoms with Gasteiger partial charge in [-0.15, -0.1) is 11.8 Å². The minimum Gasteiger partial charge on any atom is -0.495 e. The number of hydrogen-bond acceptors (Lipinski definition) is 3. The first-order chi connectivity index (χ1) is 8.61. The van der Waals surface area contributed by atoms with E-state index in [9.17, 15) is 9.90 Å². The van der Waals surface area contributed by atoms with Crippen molar-refractivity contribution in [2.24, 2.45) is 0 Å². The van der Waals surface area contributed by atoms with Crippen LogP contribution in [0, 0.1) is 11.8 Å². The quantitative estimate of drug-likeness (QED) is 0.618. The predicted molar refractivity (Wildman–Crippen MR) is 70.5 cm³/mol. The molecule has 0 aliphatic heterocycles. The van der Waals surface area contributed by atoms with Gasteiger partial charge >= 0.3 is 5.97 Å². The zero-order chi connectivity index (χ0) is 13.5. The van der Waals surface area contributed by atoms with Crippen LogP contribution >= 0.6 is 0 Å². The van der Waals surface area contributed by atoms with Crippen LogP contribution in [0.4, 0.5) is 5.69 Å². The zero-order valence-electron chi connectivity index (χ0n) is 10.6. The number of carbonyl (C=O) groups is 1. The molecule has 1 unspecified atom stereocenters. The van der Waals surface area contributed by atoms with Crippen molar-refractivity contribution >= 4 is 11.7 Å². The van der Waals surface area contributed by atoms with Gasteiger partial charge in [-0.2, -0.15) is 0 Å². The summed E-state index contributed by atoms with van der Waals surface area (Å²) < 4.78 is 5.10. The number of nitrogen functional groups attached to an aromatic ring is 1. The van der Waals surface area contributed by atoms with E-state index in [1.165, 1.54) is 7.11 Å². The maximum atomic E-state index is 11.3. The molecule has 0 bridgehead atoms. The van der Waals surface area contributed by atoms with Crippen LogP contribution < -0.4 is 10.5 Å². The summed E-state index contributed by atoms with van der Waals surface area (Å²) in [6.07, 6.45) is 0.970. The Labute approximate surface area is 107 Å². The van der Waals surface area contributed by atoms with Crippen molar-refractivity contribution in [2.75, 3.05) is 12.8 Å². The molecule has 0 saturated carbocycles. The van der Waals surface area contributed by atoms with Crippen molar-refractivity contribution in [2.45, 2.75) is 25.7 Å². The molecule has 0 radical (unpaired) electrons. The molecule has 0 heterocycles. The van der Waals surface area contributed by atoms with Gasteiger partial charge in [-0.1, -0.05) is 12.1 Å². The van der Waals surface area contributed by atoms with E-state index in [1.807, 2.05) is 0 Å². The minimum absolute atomic E-state index is 0.386. The predicted octanol–water partition coefficient (Wildman–Crippen LogP) is 2.25. The van der Waals surface area contributed by atoms with E-state index < -0.39 is 11.9 Å². The third kappa shape index (κ3) is 3.17. The molecule has 0 saturated heterocycles. The van der Waals surface area contributed by atoms with Crippen LogP contribution in [0.25, 0.3) is 0 Å². The molecule has 4 nitrogen and oxygen atoms in total. The highest BCUT2D eigenvalue weighted by Gasteiger charge is 2.22. The summed E-state index contributed by atoms with van der Waals surface area (Å²) in [5.41, 5.74) is 6.88. The molecule has 1 atom stereocenters. The number of hydrogen-bond donors (Lipinski definition) is 2. The standard InChI is InChI=1S/C14H17NO3/c1-3-4-5-7-11(14(16)17)10-8-6-9-12(18-2)13(10)15/h6,8-9,11H,5,7,15H2,1-2H3,(H,16,17). The van der Waals surface area contributed by atoms with E-state index in [0.717, 1.165) is 0 Å². The molecule has 0 aliphatic rings. The smallest absolute Gasteiger partial charge is 0.311 e. The first-order valence-corrected chi connectivity index (χ1v) is 5.66. The number of carboxylic acids is 1. The summed E-state index contributed by atoms with van der Waals surface area (Å²) in [6, 6.07) is 5.17. The van der Waals surface area contributed by atoms with E-state index in [1.54, 1.807) is 25.1 Å². The lowest BCUT2D eigenvalue weighted by molar-refractivity contribution is -0.138. The summed E-state index contributed by atoms with van der Waals surface area (Å²) in [5, 5.41) is 9.27. The Hall–Kier alpha value is -2.15. The van der Waals surface area contributed by atoms with Gasteiger partial charge in [0.2, 0.25) is 0 Å². The van der Waals surface area contributed by atoms with Gasteiger partial charge in [-0.05, 0) is 25.0 Å². The van der Waals surface area contributed by atoms with Crippen LogP contribution in [0.2, 0.25) is 0 Å². The number of para-hydroxylation sites is 1. The molecule has 1 rings (SSSR count). The summed E-state index contributed by atoms with van der Waals surface area (Å²) in [5.74, 6) is 4.57. The average Bonchev–Trinajstić information content (AvgIpc) is 2.35. The number of rotatable bonds is 5. The van der Waals surface area contributed by atoms with Gasteiger partial charge in [0.1, 0.15) is 5.75 Å². The normalized spacial score (nSPS) is 11.2. The van der Waals surface area contributed by atoms with Crippen LogP contribution in [0.1, 0.15) is 31.2 Å². The monoisotopic (exact) mass is 247 g/mol. The number of ether oxygens (including phenoxy) is 1. The molecule has 1 aromatic carbocycles. The number of carboxylic acid groups (broad SMARTS) is 1. The van der Waals surface area contributed by atoms with Crippen molar-refractivity contribution < 1.29 is 14.6 Å². The molecule has 0 aliphatic carbocycles. The number of anilines is 1. The first kappa shape index (κ1) is 13.9. The van der Waals surface area contributed by atoms with E-state index >= 15 is 0 Å². The Bertz CT molecular complexity index is 486. The molecule has 96 valence electrons. The summed E-state index contributed by atoms with van der Waals surface area (Å²) in [7, 11) is 1.51. The lowest BCUT2D eigenvalue weighted by atomic mass is 9.92. The van der Waals surface area contributed by atoms with Crippen LogP contribution in [-0.2, 0) is 4.79 Å². The second kappa shape index (κ2) is 6.55. The fourth-order valence-corrected chi connectivity index (χ4v) is 1.80. The largest absolute Gasteiger partial charge is 0.495 e. The average molecular weight is 247 g/mol. The zero-order valence-corrected chi connectivity index (χ0v) is 10.6. The molecule has 1 aromatic rings. The Morgan fingerprint density at radius 1 is 1.56 bits per heavy atom. The van der Waals surface area contributed by atoms with Crippen LogP contribution in [0.15, 0.2) is 18.2 Å². The van der Waals surface area contributed by atoms with Crippen molar-refractivity contribution in [1.29, 1.82) is 0 Å². The molecule has 0 fully saturated rings. The van der Waals surface area contributed by atoms with Crippen LogP contribution in [0.3, 0.4) is 0 Å². The molecule has 3 N–H and O–H groups in total. The van der Waals surface area contributed by atoms with Gasteiger partial charge in [0.25, 0.3) is 0 Å². The molecule has 0 aromatic heterocycles. The lowest BCUT2D eigenvalue weighted by Gasteiger charge is -2.15. The molecule has 0 spiro atoms. The lowest BCUT2D eigenvalue weighted by Crippen LogP contribution is -2.14. The van der Waals surface area contributed by atoms with Gasteiger partial charge in [-0.25, -0.2) is 0 Å². The Morgan fingerprint density at radius 2 is 2.28 bits per heavy atom. The second-order valence-corrected chi connectivity index (χ2v) is 3.82. The Kier molecular flexibility index (Phi) is 5.06. The first-order valence-electron chi connectivity index (χ1n) is 5.66. The Morgan fingerprint density at radius 3 is 2.83 bits per heavy atom.